The molecule has 4 nitrogen and oxygen atoms in total. The van der Waals surface area contributed by atoms with Crippen molar-refractivity contribution in [2.45, 2.75) is 26.4 Å². The van der Waals surface area contributed by atoms with Gasteiger partial charge in [-0.3, -0.25) is 9.09 Å². The van der Waals surface area contributed by atoms with E-state index in [1.807, 2.05) is 6.40 Å². The highest BCUT2D eigenvalue weighted by Crippen LogP contribution is 2.39. The van der Waals surface area contributed by atoms with Crippen molar-refractivity contribution in [2.75, 3.05) is 6.61 Å². The third-order valence-corrected chi connectivity index (χ3v) is 3.57. The van der Waals surface area contributed by atoms with Crippen molar-refractivity contribution < 1.29 is 19.9 Å². The third-order valence-electron chi connectivity index (χ3n) is 2.59. The van der Waals surface area contributed by atoms with Crippen molar-refractivity contribution in [3.05, 3.63) is 12.2 Å². The number of phosphoric ester groups is 1. The Bertz CT molecular complexity index is 1680. The summed E-state index contributed by atoms with van der Waals surface area (Å²) in [5.74, 6) is 56.2. The molecule has 0 aromatic carbocycles. The normalized spacial score (nSPS) is 9.47. The molecular formula is C31H14O4P-. The van der Waals surface area contributed by atoms with Gasteiger partial charge in [0.2, 0.25) is 0 Å². The van der Waals surface area contributed by atoms with Crippen LogP contribution in [0.2, 0.25) is 0 Å². The number of phosphoric acid groups is 1. The number of rotatable bonds is 6. The molecule has 0 bridgehead atoms. The third kappa shape index (κ3) is 21.8. The monoisotopic (exact) mass is 483 g/mol. The van der Waals surface area contributed by atoms with E-state index < -0.39 is 13.9 Å². The first-order valence-electron chi connectivity index (χ1n) is 10.2. The maximum Gasteiger partial charge on any atom is 0.269 e. The van der Waals surface area contributed by atoms with Gasteiger partial charge in [-0.2, -0.15) is 0 Å². The summed E-state index contributed by atoms with van der Waals surface area (Å²) in [5, 5.41) is 0. The van der Waals surface area contributed by atoms with Gasteiger partial charge in [0, 0.05) is 35.5 Å². The van der Waals surface area contributed by atoms with Crippen LogP contribution in [0.15, 0.2) is 12.2 Å². The minimum Gasteiger partial charge on any atom is -0.756 e. The quantitative estimate of drug-likeness (QED) is 0.327. The van der Waals surface area contributed by atoms with Gasteiger partial charge >= 0.3 is 0 Å². The molecule has 0 aromatic rings. The molecule has 0 N–H and O–H groups in total. The lowest BCUT2D eigenvalue weighted by Gasteiger charge is -2.24. The first kappa shape index (κ1) is 28.6. The highest BCUT2D eigenvalue weighted by Gasteiger charge is 2.13. The number of hydrogen-bond donors (Lipinski definition) is 0. The van der Waals surface area contributed by atoms with E-state index >= 15 is 0 Å². The summed E-state index contributed by atoms with van der Waals surface area (Å²) in [5.41, 5.74) is 0. The Labute approximate surface area is 215 Å². The van der Waals surface area contributed by atoms with Crippen LogP contribution in [0, 0.1) is 143 Å². The average Bonchev–Trinajstić information content (AvgIpc) is 2.88. The van der Waals surface area contributed by atoms with Crippen molar-refractivity contribution in [2.24, 2.45) is 0 Å². The lowest BCUT2D eigenvalue weighted by atomic mass is 10.3. The van der Waals surface area contributed by atoms with Gasteiger partial charge in [-0.15, -0.1) is 6.40 Å². The lowest BCUT2D eigenvalue weighted by Crippen LogP contribution is -2.15. The van der Waals surface area contributed by atoms with Crippen LogP contribution in [0.1, 0.15) is 21.6 Å². The summed E-state index contributed by atoms with van der Waals surface area (Å²) in [6.07, 6.45) is 4.44. The van der Waals surface area contributed by atoms with E-state index in [1.54, 1.807) is 19.9 Å². The van der Waals surface area contributed by atoms with Crippen molar-refractivity contribution >= 4 is 7.82 Å². The average molecular weight is 483 g/mol. The topological polar surface area (TPSA) is 58.6 Å². The molecule has 0 rings (SSSR count). The predicted molar refractivity (Wildman–Crippen MR) is 138 cm³/mol. The van der Waals surface area contributed by atoms with E-state index in [0.29, 0.717) is 6.42 Å². The lowest BCUT2D eigenvalue weighted by molar-refractivity contribution is -0.226. The Kier molecular flexibility index (Phi) is 18.1. The molecule has 0 fully saturated rings. The minimum atomic E-state index is -4.45. The second-order valence-electron chi connectivity index (χ2n) is 5.23. The Morgan fingerprint density at radius 2 is 1.17 bits per heavy atom. The molecule has 0 amide bonds. The van der Waals surface area contributed by atoms with E-state index in [2.05, 4.69) is 141 Å². The van der Waals surface area contributed by atoms with Gasteiger partial charge in [0.1, 0.15) is 7.47 Å². The molecule has 0 saturated heterocycles. The van der Waals surface area contributed by atoms with Gasteiger partial charge in [0.25, 0.3) is 7.82 Å². The molecule has 36 heavy (non-hydrogen) atoms. The van der Waals surface area contributed by atoms with E-state index in [-0.39, 0.29) is 6.61 Å². The summed E-state index contributed by atoms with van der Waals surface area (Å²) in [7, 11) is -4.45. The Balaban J connectivity index is 4.72. The van der Waals surface area contributed by atoms with Crippen molar-refractivity contribution in [3.8, 4) is 143 Å². The molecule has 0 spiro atoms. The van der Waals surface area contributed by atoms with Crippen molar-refractivity contribution in [3.63, 3.8) is 0 Å². The molecule has 168 valence electrons. The first-order valence-corrected chi connectivity index (χ1v) is 11.2. The van der Waals surface area contributed by atoms with Crippen molar-refractivity contribution in [1.29, 1.82) is 0 Å². The maximum absolute atomic E-state index is 11.7. The van der Waals surface area contributed by atoms with Gasteiger partial charge in [-0.05, 0) is 114 Å². The van der Waals surface area contributed by atoms with Crippen LogP contribution in [0.5, 0.6) is 0 Å². The maximum atomic E-state index is 11.7. The molecule has 2 atom stereocenters. The molecule has 0 radical (unpaired) electrons. The summed E-state index contributed by atoms with van der Waals surface area (Å²) in [4.78, 5) is 11.7. The fourth-order valence-electron chi connectivity index (χ4n) is 1.39. The second kappa shape index (κ2) is 22.8. The van der Waals surface area contributed by atoms with Gasteiger partial charge in [-0.25, -0.2) is 0 Å². The fourth-order valence-corrected chi connectivity index (χ4v) is 2.26. The Morgan fingerprint density at radius 3 is 1.53 bits per heavy atom. The molecule has 0 aromatic heterocycles. The summed E-state index contributed by atoms with van der Waals surface area (Å²) >= 11 is 0. The zero-order chi connectivity index (χ0) is 27.3. The Morgan fingerprint density at radius 1 is 0.778 bits per heavy atom. The summed E-state index contributed by atoms with van der Waals surface area (Å²) < 4.78 is 27.7. The SMILES string of the molecule is [3H]C#CC#CC#CC#CC#CC#CC#CC#CC#CC#CC#CC#CC(/C=C/C)OP(=O)([O-])OCCC. The molecule has 0 aliphatic heterocycles. The van der Waals surface area contributed by atoms with Crippen molar-refractivity contribution in [1.82, 2.24) is 0 Å². The van der Waals surface area contributed by atoms with Crippen LogP contribution in [-0.4, -0.2) is 12.7 Å². The van der Waals surface area contributed by atoms with E-state index in [1.165, 1.54) is 6.08 Å². The summed E-state index contributed by atoms with van der Waals surface area (Å²) in [6.45, 7) is 3.51. The highest BCUT2D eigenvalue weighted by molar-refractivity contribution is 7.45. The fraction of sp³-hybridized carbons (Fsp3) is 0.161. The number of terminal acetylenes is 1. The molecule has 0 aliphatic carbocycles. The van der Waals surface area contributed by atoms with Gasteiger partial charge < -0.3 is 9.42 Å². The van der Waals surface area contributed by atoms with Crippen LogP contribution in [0.4, 0.5) is 0 Å². The molecule has 2 unspecified atom stereocenters. The zero-order valence-electron chi connectivity index (χ0n) is 20.2. The van der Waals surface area contributed by atoms with E-state index in [4.69, 9.17) is 5.89 Å². The van der Waals surface area contributed by atoms with Crippen LogP contribution in [0.25, 0.3) is 0 Å². The van der Waals surface area contributed by atoms with Gasteiger partial charge in [0.05, 0.1) is 6.61 Å². The van der Waals surface area contributed by atoms with Crippen LogP contribution in [0.3, 0.4) is 0 Å². The minimum absolute atomic E-state index is 0.0325. The van der Waals surface area contributed by atoms with Crippen LogP contribution in [-0.2, 0) is 13.6 Å². The smallest absolute Gasteiger partial charge is 0.269 e. The number of allylic oxidation sites excluding steroid dienone is 1. The second-order valence-corrected chi connectivity index (χ2v) is 6.59. The molecule has 0 heterocycles. The summed E-state index contributed by atoms with van der Waals surface area (Å²) in [6, 6.07) is 0. The van der Waals surface area contributed by atoms with Gasteiger partial charge in [0.15, 0.2) is 0 Å². The molecular weight excluding hydrogens is 467 g/mol. The first-order chi connectivity index (χ1) is 18.1. The highest BCUT2D eigenvalue weighted by atomic mass is 31.2. The van der Waals surface area contributed by atoms with Gasteiger partial charge in [-0.1, -0.05) is 18.9 Å². The predicted octanol–water partition coefficient (Wildman–Crippen LogP) is 1.51. The largest absolute Gasteiger partial charge is 0.756 e. The van der Waals surface area contributed by atoms with E-state index in [0.717, 1.165) is 0 Å². The number of hydrogen-bond acceptors (Lipinski definition) is 4. The Hall–Kier alpha value is -5.43. The van der Waals surface area contributed by atoms with E-state index in [9.17, 15) is 9.46 Å². The zero-order valence-corrected chi connectivity index (χ0v) is 20.1. The molecule has 5 heteroatoms. The van der Waals surface area contributed by atoms with Crippen LogP contribution >= 0.6 is 7.82 Å². The molecule has 0 aliphatic rings. The van der Waals surface area contributed by atoms with Crippen LogP contribution < -0.4 is 4.89 Å². The molecule has 0 saturated carbocycles. The standard InChI is InChI=1S/C31H15O4P/c1-4-7-8-9-10-11-12-13-14-15-16-17-18-19-20-21-22-23-24-25-26-27-29-31(28-5-2)35-36(32,33)34-30-6-3/h1,5,28,31H,6,30H2,2-3H3,(H,32,33)/p-1/b28-5+/i1T.